The molecule has 0 aromatic heterocycles. The van der Waals surface area contributed by atoms with Gasteiger partial charge in [0.1, 0.15) is 17.1 Å². The quantitative estimate of drug-likeness (QED) is 0.556. The van der Waals surface area contributed by atoms with Crippen molar-refractivity contribution < 1.29 is 10.3 Å². The first-order chi connectivity index (χ1) is 8.22. The summed E-state index contributed by atoms with van der Waals surface area (Å²) in [7, 11) is 0. The minimum absolute atomic E-state index is 0.0306. The number of hydrogen-bond donors (Lipinski definition) is 3. The van der Waals surface area contributed by atoms with Crippen LogP contribution in [-0.2, 0) is 0 Å². The zero-order valence-electron chi connectivity index (χ0n) is 8.41. The summed E-state index contributed by atoms with van der Waals surface area (Å²) in [6.07, 6.45) is 0. The Kier molecular flexibility index (Phi) is 2.67. The number of nitrogens with zero attached hydrogens (tertiary/aromatic N) is 2. The third-order valence-corrected chi connectivity index (χ3v) is 2.42. The van der Waals surface area contributed by atoms with Crippen LogP contribution in [0.3, 0.4) is 0 Å². The molecule has 0 aliphatic heterocycles. The van der Waals surface area contributed by atoms with Gasteiger partial charge in [-0.2, -0.15) is 0 Å². The Morgan fingerprint density at radius 3 is 2.41 bits per heavy atom. The zero-order valence-corrected chi connectivity index (χ0v) is 8.41. The number of phenols is 1. The Hall–Kier alpha value is -2.54. The average Bonchev–Trinajstić information content (AvgIpc) is 2.38. The smallest absolute Gasteiger partial charge is 0.143 e. The van der Waals surface area contributed by atoms with Gasteiger partial charge in [0.2, 0.25) is 0 Å². The maximum absolute atomic E-state index is 10.8. The Morgan fingerprint density at radius 2 is 1.82 bits per heavy atom. The lowest BCUT2D eigenvalue weighted by molar-refractivity contribution is 0.389. The predicted octanol–water partition coefficient (Wildman–Crippen LogP) is 3.14. The number of nitroso groups, excluding NO2 is 2. The molecule has 7 nitrogen and oxygen atoms in total. The first kappa shape index (κ1) is 11.0. The summed E-state index contributed by atoms with van der Waals surface area (Å²) in [6.45, 7) is 0. The summed E-state index contributed by atoms with van der Waals surface area (Å²) in [5.74, 6) is -0.109. The molecular formula is C10H7N3O4. The highest BCUT2D eigenvalue weighted by Crippen LogP contribution is 2.42. The molecule has 0 saturated heterocycles. The van der Waals surface area contributed by atoms with Crippen LogP contribution in [0.1, 0.15) is 0 Å². The minimum atomic E-state index is -0.185. The van der Waals surface area contributed by atoms with Gasteiger partial charge >= 0.3 is 0 Å². The molecule has 17 heavy (non-hydrogen) atoms. The fraction of sp³-hybridized carbons (Fsp3) is 0. The van der Waals surface area contributed by atoms with Crippen molar-refractivity contribution in [2.24, 2.45) is 10.4 Å². The first-order valence-electron chi connectivity index (χ1n) is 4.58. The highest BCUT2D eigenvalue weighted by molar-refractivity contribution is 6.07. The molecule has 0 aliphatic carbocycles. The summed E-state index contributed by atoms with van der Waals surface area (Å²) in [4.78, 5) is 21.4. The van der Waals surface area contributed by atoms with E-state index in [0.29, 0.717) is 0 Å². The molecule has 86 valence electrons. The van der Waals surface area contributed by atoms with Crippen LogP contribution in [0.4, 0.5) is 17.1 Å². The monoisotopic (exact) mass is 233 g/mol. The average molecular weight is 233 g/mol. The van der Waals surface area contributed by atoms with Crippen LogP contribution >= 0.6 is 0 Å². The van der Waals surface area contributed by atoms with Crippen molar-refractivity contribution in [2.45, 2.75) is 0 Å². The van der Waals surface area contributed by atoms with Crippen molar-refractivity contribution in [2.75, 3.05) is 5.48 Å². The van der Waals surface area contributed by atoms with Gasteiger partial charge in [-0.1, -0.05) is 0 Å². The van der Waals surface area contributed by atoms with Crippen molar-refractivity contribution in [1.82, 2.24) is 0 Å². The van der Waals surface area contributed by atoms with Crippen molar-refractivity contribution >= 4 is 27.8 Å². The summed E-state index contributed by atoms with van der Waals surface area (Å²) in [5.41, 5.74) is 1.60. The number of benzene rings is 2. The van der Waals surface area contributed by atoms with Crippen molar-refractivity contribution in [3.8, 4) is 5.75 Å². The normalized spacial score (nSPS) is 10.2. The second kappa shape index (κ2) is 4.14. The number of fused-ring (bicyclic) bond motifs is 1. The molecule has 7 heteroatoms. The fourth-order valence-electron chi connectivity index (χ4n) is 1.66. The number of anilines is 1. The molecule has 2 aromatic rings. The van der Waals surface area contributed by atoms with E-state index in [9.17, 15) is 14.9 Å². The van der Waals surface area contributed by atoms with Gasteiger partial charge in [0, 0.05) is 10.8 Å². The van der Waals surface area contributed by atoms with E-state index in [0.717, 1.165) is 0 Å². The van der Waals surface area contributed by atoms with Crippen LogP contribution in [0.5, 0.6) is 5.75 Å². The molecule has 2 aromatic carbocycles. The Morgan fingerprint density at radius 1 is 1.06 bits per heavy atom. The Labute approximate surface area is 94.6 Å². The van der Waals surface area contributed by atoms with Crippen molar-refractivity contribution in [1.29, 1.82) is 0 Å². The standard InChI is InChI=1S/C10H7N3O4/c14-8-4-3-6(11-15)9-5(8)1-2-7(12-16)10(9)13-17/h1-4,12,14,16H. The van der Waals surface area contributed by atoms with Crippen LogP contribution < -0.4 is 5.48 Å². The molecule has 0 amide bonds. The number of rotatable bonds is 3. The first-order valence-corrected chi connectivity index (χ1v) is 4.58. The van der Waals surface area contributed by atoms with Crippen LogP contribution in [0.15, 0.2) is 34.6 Å². The van der Waals surface area contributed by atoms with Gasteiger partial charge in [-0.25, -0.2) is 0 Å². The molecule has 0 saturated carbocycles. The number of nitrogens with one attached hydrogen (secondary N) is 1. The molecule has 0 spiro atoms. The molecular weight excluding hydrogens is 226 g/mol. The molecule has 0 atom stereocenters. The van der Waals surface area contributed by atoms with E-state index in [1.807, 2.05) is 0 Å². The van der Waals surface area contributed by atoms with Gasteiger partial charge in [0.15, 0.2) is 0 Å². The SMILES string of the molecule is O=Nc1ccc(O)c2ccc(NO)c(N=O)c12. The third-order valence-electron chi connectivity index (χ3n) is 2.42. The molecule has 0 radical (unpaired) electrons. The molecule has 0 fully saturated rings. The number of hydrogen-bond acceptors (Lipinski definition) is 7. The summed E-state index contributed by atoms with van der Waals surface area (Å²) < 4.78 is 0. The van der Waals surface area contributed by atoms with E-state index in [1.54, 1.807) is 5.48 Å². The van der Waals surface area contributed by atoms with E-state index in [4.69, 9.17) is 5.21 Å². The Bertz CT molecular complexity index is 612. The second-order valence-electron chi connectivity index (χ2n) is 3.28. The minimum Gasteiger partial charge on any atom is -0.507 e. The number of phenolic OH excluding ortho intramolecular Hbond substituents is 1. The molecule has 0 aliphatic rings. The van der Waals surface area contributed by atoms with Gasteiger partial charge in [-0.15, -0.1) is 9.81 Å². The lowest BCUT2D eigenvalue weighted by Crippen LogP contribution is -1.90. The maximum atomic E-state index is 10.8. The lowest BCUT2D eigenvalue weighted by Gasteiger charge is -2.08. The van der Waals surface area contributed by atoms with Crippen LogP contribution in [0.2, 0.25) is 0 Å². The maximum Gasteiger partial charge on any atom is 0.143 e. The third kappa shape index (κ3) is 1.58. The van der Waals surface area contributed by atoms with E-state index >= 15 is 0 Å². The molecule has 0 heterocycles. The van der Waals surface area contributed by atoms with E-state index in [1.165, 1.54) is 24.3 Å². The zero-order chi connectivity index (χ0) is 12.4. The topological polar surface area (TPSA) is 111 Å². The van der Waals surface area contributed by atoms with Crippen molar-refractivity contribution in [3.63, 3.8) is 0 Å². The van der Waals surface area contributed by atoms with Crippen LogP contribution in [-0.4, -0.2) is 10.3 Å². The summed E-state index contributed by atoms with van der Waals surface area (Å²) in [5, 5.41) is 24.3. The largest absolute Gasteiger partial charge is 0.507 e. The summed E-state index contributed by atoms with van der Waals surface area (Å²) in [6, 6.07) is 5.35. The van der Waals surface area contributed by atoms with Gasteiger partial charge in [-0.3, -0.25) is 10.7 Å². The second-order valence-corrected chi connectivity index (χ2v) is 3.28. The van der Waals surface area contributed by atoms with Gasteiger partial charge < -0.3 is 5.11 Å². The highest BCUT2D eigenvalue weighted by Gasteiger charge is 2.15. The lowest BCUT2D eigenvalue weighted by atomic mass is 10.0. The molecule has 3 N–H and O–H groups in total. The van der Waals surface area contributed by atoms with Gasteiger partial charge in [0.05, 0.1) is 5.69 Å². The molecule has 0 bridgehead atoms. The Balaban J connectivity index is 2.99. The fourth-order valence-corrected chi connectivity index (χ4v) is 1.66. The van der Waals surface area contributed by atoms with Gasteiger partial charge in [0.25, 0.3) is 0 Å². The number of aromatic hydroxyl groups is 1. The highest BCUT2D eigenvalue weighted by atomic mass is 16.5. The van der Waals surface area contributed by atoms with Crippen molar-refractivity contribution in [3.05, 3.63) is 34.1 Å². The summed E-state index contributed by atoms with van der Waals surface area (Å²) >= 11 is 0. The molecule has 0 unspecified atom stereocenters. The van der Waals surface area contributed by atoms with Crippen LogP contribution in [0, 0.1) is 9.81 Å². The van der Waals surface area contributed by atoms with E-state index in [-0.39, 0.29) is 33.6 Å². The van der Waals surface area contributed by atoms with E-state index in [2.05, 4.69) is 10.4 Å². The van der Waals surface area contributed by atoms with Gasteiger partial charge in [-0.05, 0) is 34.6 Å². The predicted molar refractivity (Wildman–Crippen MR) is 61.9 cm³/mol. The van der Waals surface area contributed by atoms with E-state index < -0.39 is 0 Å². The van der Waals surface area contributed by atoms with Crippen LogP contribution in [0.25, 0.3) is 10.8 Å². The molecule has 2 rings (SSSR count).